The Morgan fingerprint density at radius 3 is 2.73 bits per heavy atom. The van der Waals surface area contributed by atoms with Crippen molar-refractivity contribution in [2.75, 3.05) is 20.3 Å². The van der Waals surface area contributed by atoms with Crippen molar-refractivity contribution in [1.82, 2.24) is 29.6 Å². The average Bonchev–Trinajstić information content (AvgIpc) is 3.37. The zero-order valence-electron chi connectivity index (χ0n) is 21.4. The summed E-state index contributed by atoms with van der Waals surface area (Å²) in [4.78, 5) is 27.7. The molecule has 198 valence electrons. The third-order valence-electron chi connectivity index (χ3n) is 5.98. The van der Waals surface area contributed by atoms with Gasteiger partial charge in [0.15, 0.2) is 0 Å². The van der Waals surface area contributed by atoms with Crippen LogP contribution in [0, 0.1) is 0 Å². The fourth-order valence-electron chi connectivity index (χ4n) is 3.71. The molecule has 3 aromatic rings. The van der Waals surface area contributed by atoms with Gasteiger partial charge in [-0.1, -0.05) is 12.7 Å². The maximum absolute atomic E-state index is 13.9. The summed E-state index contributed by atoms with van der Waals surface area (Å²) in [6.07, 6.45) is 9.67. The van der Waals surface area contributed by atoms with Crippen molar-refractivity contribution in [2.24, 2.45) is 0 Å². The molecule has 3 aromatic heterocycles. The molecular formula is C26H32F2N6O3. The molecule has 11 heteroatoms. The van der Waals surface area contributed by atoms with Crippen molar-refractivity contribution in [2.45, 2.75) is 45.2 Å². The number of hydrogen-bond donors (Lipinski definition) is 1. The van der Waals surface area contributed by atoms with Gasteiger partial charge in [-0.25, -0.2) is 14.8 Å². The topological polar surface area (TPSA) is 93.9 Å². The summed E-state index contributed by atoms with van der Waals surface area (Å²) >= 11 is 0. The third kappa shape index (κ3) is 6.04. The predicted octanol–water partition coefficient (Wildman–Crippen LogP) is 5.06. The number of amides is 2. The number of aromatic nitrogens is 4. The van der Waals surface area contributed by atoms with Crippen molar-refractivity contribution in [3.8, 4) is 22.9 Å². The monoisotopic (exact) mass is 514 g/mol. The first kappa shape index (κ1) is 27.6. The molecule has 0 aliphatic carbocycles. The second kappa shape index (κ2) is 11.8. The Labute approximate surface area is 214 Å². The van der Waals surface area contributed by atoms with Gasteiger partial charge in [-0.2, -0.15) is 8.78 Å². The maximum Gasteiger partial charge on any atom is 0.318 e. The summed E-state index contributed by atoms with van der Waals surface area (Å²) in [5.74, 6) is -2.43. The van der Waals surface area contributed by atoms with E-state index in [0.29, 0.717) is 53.3 Å². The fraction of sp³-hybridized carbons (Fsp3) is 0.385. The fourth-order valence-corrected chi connectivity index (χ4v) is 3.71. The smallest absolute Gasteiger partial charge is 0.318 e. The Balaban J connectivity index is 1.97. The highest BCUT2D eigenvalue weighted by Crippen LogP contribution is 2.33. The van der Waals surface area contributed by atoms with Gasteiger partial charge in [-0.3, -0.25) is 4.98 Å². The molecule has 0 aliphatic heterocycles. The summed E-state index contributed by atoms with van der Waals surface area (Å²) in [7, 11) is 1.52. The number of halogens is 2. The number of ether oxygens (including phenoxy) is 2. The van der Waals surface area contributed by atoms with Crippen LogP contribution in [0.3, 0.4) is 0 Å². The minimum atomic E-state index is -3.24. The number of urea groups is 1. The number of imidazole rings is 1. The van der Waals surface area contributed by atoms with Crippen LogP contribution in [-0.2, 0) is 0 Å². The SMILES string of the molecule is C=CCCOc1nc(-c2cc([C@@H](C)N(CC)C(=O)NC(C)C(F)(F)C=C)ncc2OC)cn2ccnc12. The molecule has 0 saturated carbocycles. The Bertz CT molecular complexity index is 1260. The van der Waals surface area contributed by atoms with Gasteiger partial charge in [-0.05, 0) is 39.3 Å². The number of carbonyl (C=O) groups excluding carboxylic acids is 1. The van der Waals surface area contributed by atoms with Gasteiger partial charge in [0, 0.05) is 30.7 Å². The average molecular weight is 515 g/mol. The van der Waals surface area contributed by atoms with Crippen LogP contribution in [0.15, 0.2) is 56.2 Å². The summed E-state index contributed by atoms with van der Waals surface area (Å²) in [6, 6.07) is -0.845. The largest absolute Gasteiger partial charge is 0.494 e. The number of nitrogens with one attached hydrogen (secondary N) is 1. The van der Waals surface area contributed by atoms with Crippen molar-refractivity contribution < 1.29 is 23.0 Å². The Hall–Kier alpha value is -4.02. The van der Waals surface area contributed by atoms with E-state index in [1.54, 1.807) is 55.2 Å². The van der Waals surface area contributed by atoms with E-state index in [9.17, 15) is 13.6 Å². The van der Waals surface area contributed by atoms with E-state index >= 15 is 0 Å². The standard InChI is InChI=1S/C26H32F2N6O3/c1-7-10-13-37-24-23-29-11-12-33(23)16-21(32-24)19-14-20(30-15-22(19)36-6)17(4)34(9-3)25(35)31-18(5)26(27,28)8-2/h7-8,11-12,14-18H,1-2,9-10,13H2,3-6H3,(H,31,35)/t17-,18?/m1/s1. The summed E-state index contributed by atoms with van der Waals surface area (Å²) < 4.78 is 41.0. The molecule has 0 bridgehead atoms. The van der Waals surface area contributed by atoms with E-state index < -0.39 is 24.0 Å². The number of hydrogen-bond acceptors (Lipinski definition) is 6. The lowest BCUT2D eigenvalue weighted by atomic mass is 10.1. The van der Waals surface area contributed by atoms with Crippen LogP contribution in [0.1, 0.15) is 38.9 Å². The number of pyridine rings is 1. The van der Waals surface area contributed by atoms with Crippen LogP contribution in [0.2, 0.25) is 0 Å². The Kier molecular flexibility index (Phi) is 8.80. The van der Waals surface area contributed by atoms with Gasteiger partial charge < -0.3 is 24.1 Å². The third-order valence-corrected chi connectivity index (χ3v) is 5.98. The second-order valence-electron chi connectivity index (χ2n) is 8.34. The lowest BCUT2D eigenvalue weighted by Crippen LogP contribution is -2.50. The van der Waals surface area contributed by atoms with Crippen molar-refractivity contribution in [3.63, 3.8) is 0 Å². The van der Waals surface area contributed by atoms with Gasteiger partial charge in [0.05, 0.1) is 43.4 Å². The molecule has 0 saturated heterocycles. The number of carbonyl (C=O) groups is 1. The van der Waals surface area contributed by atoms with Gasteiger partial charge in [0.1, 0.15) is 5.75 Å². The highest BCUT2D eigenvalue weighted by Gasteiger charge is 2.35. The van der Waals surface area contributed by atoms with Crippen LogP contribution in [0.25, 0.3) is 16.9 Å². The molecule has 1 unspecified atom stereocenters. The zero-order chi connectivity index (χ0) is 27.2. The van der Waals surface area contributed by atoms with Gasteiger partial charge in [0.25, 0.3) is 11.8 Å². The summed E-state index contributed by atoms with van der Waals surface area (Å²) in [5.41, 5.74) is 2.25. The van der Waals surface area contributed by atoms with E-state index in [2.05, 4.69) is 33.4 Å². The quantitative estimate of drug-likeness (QED) is 0.268. The molecular weight excluding hydrogens is 482 g/mol. The minimum Gasteiger partial charge on any atom is -0.494 e. The first-order valence-electron chi connectivity index (χ1n) is 11.9. The first-order chi connectivity index (χ1) is 17.7. The molecule has 9 nitrogen and oxygen atoms in total. The number of nitrogens with zero attached hydrogens (tertiary/aromatic N) is 5. The van der Waals surface area contributed by atoms with Crippen LogP contribution in [0.4, 0.5) is 13.6 Å². The highest BCUT2D eigenvalue weighted by molar-refractivity contribution is 5.75. The number of alkyl halides is 2. The normalized spacial score (nSPS) is 13.0. The number of rotatable bonds is 12. The lowest BCUT2D eigenvalue weighted by molar-refractivity contribution is 0.0204. The van der Waals surface area contributed by atoms with E-state index in [-0.39, 0.29) is 6.54 Å². The van der Waals surface area contributed by atoms with Crippen LogP contribution >= 0.6 is 0 Å². The molecule has 2 amide bonds. The van der Waals surface area contributed by atoms with Crippen LogP contribution in [0.5, 0.6) is 11.6 Å². The summed E-state index contributed by atoms with van der Waals surface area (Å²) in [5, 5.41) is 2.36. The highest BCUT2D eigenvalue weighted by atomic mass is 19.3. The molecule has 0 aliphatic rings. The Morgan fingerprint density at radius 1 is 1.32 bits per heavy atom. The van der Waals surface area contributed by atoms with Crippen molar-refractivity contribution in [3.05, 3.63) is 61.9 Å². The molecule has 3 heterocycles. The van der Waals surface area contributed by atoms with Gasteiger partial charge in [0.2, 0.25) is 5.65 Å². The molecule has 0 fully saturated rings. The molecule has 37 heavy (non-hydrogen) atoms. The molecule has 1 N–H and O–H groups in total. The van der Waals surface area contributed by atoms with E-state index in [0.717, 1.165) is 0 Å². The zero-order valence-corrected chi connectivity index (χ0v) is 21.4. The van der Waals surface area contributed by atoms with Crippen molar-refractivity contribution in [1.29, 1.82) is 0 Å². The predicted molar refractivity (Wildman–Crippen MR) is 137 cm³/mol. The Morgan fingerprint density at radius 2 is 2.08 bits per heavy atom. The van der Waals surface area contributed by atoms with Crippen LogP contribution in [-0.4, -0.2) is 62.5 Å². The molecule has 0 spiro atoms. The minimum absolute atomic E-state index is 0.267. The molecule has 3 rings (SSSR count). The molecule has 0 radical (unpaired) electrons. The molecule has 0 aromatic carbocycles. The number of fused-ring (bicyclic) bond motifs is 1. The number of methoxy groups -OCH3 is 1. The lowest BCUT2D eigenvalue weighted by Gasteiger charge is -2.31. The first-order valence-corrected chi connectivity index (χ1v) is 11.9. The van der Waals surface area contributed by atoms with Crippen LogP contribution < -0.4 is 14.8 Å². The van der Waals surface area contributed by atoms with E-state index in [1.807, 2.05) is 0 Å². The van der Waals surface area contributed by atoms with Gasteiger partial charge in [-0.15, -0.1) is 6.58 Å². The van der Waals surface area contributed by atoms with Crippen molar-refractivity contribution >= 4 is 11.7 Å². The summed E-state index contributed by atoms with van der Waals surface area (Å²) in [6.45, 7) is 12.3. The van der Waals surface area contributed by atoms with E-state index in [4.69, 9.17) is 9.47 Å². The van der Waals surface area contributed by atoms with Gasteiger partial charge >= 0.3 is 6.03 Å². The van der Waals surface area contributed by atoms with E-state index in [1.165, 1.54) is 18.9 Å². The maximum atomic E-state index is 13.9. The second-order valence-corrected chi connectivity index (χ2v) is 8.34. The molecule has 2 atom stereocenters.